The zero-order valence-electron chi connectivity index (χ0n) is 10.1. The van der Waals surface area contributed by atoms with Crippen molar-refractivity contribution >= 4 is 27.0 Å². The van der Waals surface area contributed by atoms with Gasteiger partial charge in [-0.3, -0.25) is 0 Å². The maximum absolute atomic E-state index is 4.64. The molecule has 3 nitrogen and oxygen atoms in total. The van der Waals surface area contributed by atoms with Crippen LogP contribution in [-0.4, -0.2) is 14.5 Å². The third-order valence-electron chi connectivity index (χ3n) is 2.71. The van der Waals surface area contributed by atoms with Gasteiger partial charge in [0.1, 0.15) is 11.5 Å². The summed E-state index contributed by atoms with van der Waals surface area (Å²) in [6, 6.07) is 0. The molecule has 2 aromatic rings. The summed E-state index contributed by atoms with van der Waals surface area (Å²) in [5.74, 6) is 1.33. The highest BCUT2D eigenvalue weighted by atomic mass is 79.9. The van der Waals surface area contributed by atoms with Gasteiger partial charge >= 0.3 is 0 Å². The van der Waals surface area contributed by atoms with E-state index in [0.717, 1.165) is 33.4 Å². The molecule has 0 spiro atoms. The van der Waals surface area contributed by atoms with Gasteiger partial charge in [-0.1, -0.05) is 20.8 Å². The highest BCUT2D eigenvalue weighted by Crippen LogP contribution is 2.30. The highest BCUT2D eigenvalue weighted by molar-refractivity contribution is 9.10. The van der Waals surface area contributed by atoms with Crippen molar-refractivity contribution in [3.8, 4) is 0 Å². The van der Waals surface area contributed by atoms with Gasteiger partial charge in [-0.15, -0.1) is 0 Å². The Morgan fingerprint density at radius 3 is 2.62 bits per heavy atom. The first-order valence-corrected chi connectivity index (χ1v) is 6.35. The first kappa shape index (κ1) is 11.6. The third kappa shape index (κ3) is 1.75. The summed E-state index contributed by atoms with van der Waals surface area (Å²) >= 11 is 3.58. The molecular formula is C12H16BrN3. The molecule has 0 aromatic carbocycles. The summed E-state index contributed by atoms with van der Waals surface area (Å²) in [4.78, 5) is 9.22. The molecule has 0 aliphatic rings. The van der Waals surface area contributed by atoms with E-state index < -0.39 is 0 Å². The molecule has 0 unspecified atom stereocenters. The van der Waals surface area contributed by atoms with E-state index in [0.29, 0.717) is 5.92 Å². The highest BCUT2D eigenvalue weighted by Gasteiger charge is 2.15. The van der Waals surface area contributed by atoms with Gasteiger partial charge in [0.15, 0.2) is 0 Å². The van der Waals surface area contributed by atoms with Gasteiger partial charge in [0, 0.05) is 24.1 Å². The zero-order valence-corrected chi connectivity index (χ0v) is 11.7. The van der Waals surface area contributed by atoms with E-state index in [4.69, 9.17) is 0 Å². The van der Waals surface area contributed by atoms with E-state index in [1.807, 2.05) is 17.8 Å². The molecule has 0 saturated heterocycles. The lowest BCUT2D eigenvalue weighted by molar-refractivity contribution is 0.798. The molecule has 0 amide bonds. The molecule has 2 heterocycles. The second-order valence-corrected chi connectivity index (χ2v) is 5.17. The average Bonchev–Trinajstić information content (AvgIpc) is 2.53. The Bertz CT molecular complexity index is 529. The molecule has 16 heavy (non-hydrogen) atoms. The van der Waals surface area contributed by atoms with Crippen molar-refractivity contribution in [2.24, 2.45) is 7.05 Å². The summed E-state index contributed by atoms with van der Waals surface area (Å²) < 4.78 is 3.13. The normalized spacial score (nSPS) is 11.6. The number of aryl methyl sites for hydroxylation is 2. The predicted molar refractivity (Wildman–Crippen MR) is 69.7 cm³/mol. The SMILES string of the molecule is CCc1nc(C(C)C)c2c(Br)cn(C)c2n1. The van der Waals surface area contributed by atoms with Crippen molar-refractivity contribution in [1.82, 2.24) is 14.5 Å². The Morgan fingerprint density at radius 2 is 2.06 bits per heavy atom. The minimum Gasteiger partial charge on any atom is -0.334 e. The first-order valence-electron chi connectivity index (χ1n) is 5.56. The number of halogens is 1. The van der Waals surface area contributed by atoms with Crippen molar-refractivity contribution in [2.45, 2.75) is 33.1 Å². The van der Waals surface area contributed by atoms with Crippen LogP contribution in [-0.2, 0) is 13.5 Å². The first-order chi connectivity index (χ1) is 7.54. The van der Waals surface area contributed by atoms with Gasteiger partial charge in [0.05, 0.1) is 11.1 Å². The maximum Gasteiger partial charge on any atom is 0.144 e. The summed E-state index contributed by atoms with van der Waals surface area (Å²) in [6.07, 6.45) is 2.92. The lowest BCUT2D eigenvalue weighted by Gasteiger charge is -2.09. The molecule has 0 aliphatic carbocycles. The van der Waals surface area contributed by atoms with Crippen LogP contribution >= 0.6 is 15.9 Å². The fraction of sp³-hybridized carbons (Fsp3) is 0.500. The van der Waals surface area contributed by atoms with Gasteiger partial charge in [-0.25, -0.2) is 9.97 Å². The molecule has 0 fully saturated rings. The van der Waals surface area contributed by atoms with Crippen LogP contribution in [0.1, 0.15) is 38.2 Å². The Labute approximate surface area is 104 Å². The summed E-state index contributed by atoms with van der Waals surface area (Å²) in [5, 5.41) is 1.15. The van der Waals surface area contributed by atoms with Crippen molar-refractivity contribution in [3.63, 3.8) is 0 Å². The molecule has 2 aromatic heterocycles. The number of hydrogen-bond acceptors (Lipinski definition) is 2. The number of fused-ring (bicyclic) bond motifs is 1. The number of nitrogens with zero attached hydrogens (tertiary/aromatic N) is 3. The molecule has 0 aliphatic heterocycles. The third-order valence-corrected chi connectivity index (χ3v) is 3.31. The second-order valence-electron chi connectivity index (χ2n) is 4.32. The number of rotatable bonds is 2. The molecule has 86 valence electrons. The lowest BCUT2D eigenvalue weighted by Crippen LogP contribution is -2.02. The summed E-state index contributed by atoms with van der Waals surface area (Å²) in [7, 11) is 2.02. The van der Waals surface area contributed by atoms with Crippen LogP contribution in [0.3, 0.4) is 0 Å². The molecule has 0 bridgehead atoms. The zero-order chi connectivity index (χ0) is 11.9. The molecule has 4 heteroatoms. The van der Waals surface area contributed by atoms with E-state index in [1.54, 1.807) is 0 Å². The smallest absolute Gasteiger partial charge is 0.144 e. The fourth-order valence-electron chi connectivity index (χ4n) is 1.87. The van der Waals surface area contributed by atoms with Crippen LogP contribution in [0.25, 0.3) is 11.0 Å². The molecule has 0 N–H and O–H groups in total. The molecule has 0 radical (unpaired) electrons. The van der Waals surface area contributed by atoms with Crippen LogP contribution in [0.15, 0.2) is 10.7 Å². The van der Waals surface area contributed by atoms with E-state index >= 15 is 0 Å². The Balaban J connectivity index is 2.84. The van der Waals surface area contributed by atoms with Crippen molar-refractivity contribution in [3.05, 3.63) is 22.2 Å². The molecular weight excluding hydrogens is 266 g/mol. The van der Waals surface area contributed by atoms with Crippen LogP contribution in [0, 0.1) is 0 Å². The summed E-state index contributed by atoms with van der Waals surface area (Å²) in [5.41, 5.74) is 2.15. The summed E-state index contributed by atoms with van der Waals surface area (Å²) in [6.45, 7) is 6.42. The van der Waals surface area contributed by atoms with Crippen LogP contribution in [0.5, 0.6) is 0 Å². The molecule has 0 saturated carbocycles. The Hall–Kier alpha value is -0.900. The van der Waals surface area contributed by atoms with Gasteiger partial charge < -0.3 is 4.57 Å². The van der Waals surface area contributed by atoms with E-state index in [9.17, 15) is 0 Å². The van der Waals surface area contributed by atoms with Gasteiger partial charge in [0.2, 0.25) is 0 Å². The minimum absolute atomic E-state index is 0.412. The minimum atomic E-state index is 0.412. The van der Waals surface area contributed by atoms with Crippen LogP contribution in [0.4, 0.5) is 0 Å². The standard InChI is InChI=1S/C12H16BrN3/c1-5-9-14-11(7(2)3)10-8(13)6-16(4)12(10)15-9/h6-7H,5H2,1-4H3. The van der Waals surface area contributed by atoms with Gasteiger partial charge in [0.25, 0.3) is 0 Å². The monoisotopic (exact) mass is 281 g/mol. The quantitative estimate of drug-likeness (QED) is 0.845. The molecule has 0 atom stereocenters. The Morgan fingerprint density at radius 1 is 1.38 bits per heavy atom. The van der Waals surface area contributed by atoms with E-state index in [-0.39, 0.29) is 0 Å². The number of hydrogen-bond donors (Lipinski definition) is 0. The van der Waals surface area contributed by atoms with Crippen LogP contribution < -0.4 is 0 Å². The van der Waals surface area contributed by atoms with E-state index in [2.05, 4.69) is 46.7 Å². The second kappa shape index (κ2) is 4.17. The Kier molecular flexibility index (Phi) is 3.02. The van der Waals surface area contributed by atoms with Crippen molar-refractivity contribution < 1.29 is 0 Å². The van der Waals surface area contributed by atoms with E-state index in [1.165, 1.54) is 0 Å². The van der Waals surface area contributed by atoms with Crippen LogP contribution in [0.2, 0.25) is 0 Å². The van der Waals surface area contributed by atoms with Crippen molar-refractivity contribution in [2.75, 3.05) is 0 Å². The fourth-order valence-corrected chi connectivity index (χ4v) is 2.56. The largest absolute Gasteiger partial charge is 0.334 e. The van der Waals surface area contributed by atoms with Gasteiger partial charge in [-0.2, -0.15) is 0 Å². The maximum atomic E-state index is 4.64. The van der Waals surface area contributed by atoms with Crippen molar-refractivity contribution in [1.29, 1.82) is 0 Å². The molecule has 2 rings (SSSR count). The number of aromatic nitrogens is 3. The lowest BCUT2D eigenvalue weighted by atomic mass is 10.1. The topological polar surface area (TPSA) is 30.7 Å². The average molecular weight is 282 g/mol. The van der Waals surface area contributed by atoms with Gasteiger partial charge in [-0.05, 0) is 21.8 Å². The predicted octanol–water partition coefficient (Wildman–Crippen LogP) is 3.42.